The third kappa shape index (κ3) is 1.45. The van der Waals surface area contributed by atoms with Crippen LogP contribution < -0.4 is 0 Å². The van der Waals surface area contributed by atoms with E-state index in [1.54, 1.807) is 0 Å². The van der Waals surface area contributed by atoms with Gasteiger partial charge in [-0.3, -0.25) is 4.79 Å². The van der Waals surface area contributed by atoms with E-state index < -0.39 is 0 Å². The number of rotatable bonds is 0. The molecular weight excluding hydrogens is 204 g/mol. The third-order valence-electron chi connectivity index (χ3n) is 4.89. The average molecular weight is 224 g/mol. The van der Waals surface area contributed by atoms with E-state index in [1.165, 1.54) is 0 Å². The first-order valence-corrected chi connectivity index (χ1v) is 6.46. The topological polar surface area (TPSA) is 35.5 Å². The molecule has 0 N–H and O–H groups in total. The lowest BCUT2D eigenvalue weighted by atomic mass is 9.58. The van der Waals surface area contributed by atoms with Gasteiger partial charge in [0.25, 0.3) is 0 Å². The zero-order valence-corrected chi connectivity index (χ0v) is 9.96. The van der Waals surface area contributed by atoms with E-state index in [-0.39, 0.29) is 11.2 Å². The first-order valence-electron chi connectivity index (χ1n) is 6.46. The molecule has 1 saturated heterocycles. The average Bonchev–Trinajstić information content (AvgIpc) is 2.71. The minimum absolute atomic E-state index is 0.0845. The summed E-state index contributed by atoms with van der Waals surface area (Å²) in [4.78, 5) is 12.1. The highest BCUT2D eigenvalue weighted by molar-refractivity contribution is 5.85. The second kappa shape index (κ2) is 3.54. The minimum atomic E-state index is -0.332. The number of carbonyl (C=O) groups is 1. The van der Waals surface area contributed by atoms with Gasteiger partial charge < -0.3 is 9.47 Å². The predicted octanol–water partition coefficient (Wildman–Crippen LogP) is 2.29. The van der Waals surface area contributed by atoms with E-state index in [4.69, 9.17) is 9.47 Å². The number of ketones is 1. The molecule has 3 fully saturated rings. The molecule has 3 nitrogen and oxygen atoms in total. The van der Waals surface area contributed by atoms with Gasteiger partial charge in [-0.05, 0) is 25.2 Å². The normalized spacial score (nSPS) is 42.3. The summed E-state index contributed by atoms with van der Waals surface area (Å²) in [5.74, 6) is 0.610. The highest BCUT2D eigenvalue weighted by Crippen LogP contribution is 2.53. The maximum Gasteiger partial charge on any atom is 0.168 e. The molecule has 3 aliphatic rings. The van der Waals surface area contributed by atoms with E-state index in [1.807, 2.05) is 0 Å². The molecule has 0 bridgehead atoms. The van der Waals surface area contributed by atoms with Crippen LogP contribution in [0.5, 0.6) is 0 Å². The number of hydrogen-bond donors (Lipinski definition) is 0. The van der Waals surface area contributed by atoms with Crippen molar-refractivity contribution in [1.29, 1.82) is 0 Å². The fraction of sp³-hybridized carbons (Fsp3) is 0.923. The number of hydrogen-bond acceptors (Lipinski definition) is 3. The Hall–Kier alpha value is -0.410. The van der Waals surface area contributed by atoms with Gasteiger partial charge in [-0.1, -0.05) is 6.92 Å². The molecule has 16 heavy (non-hydrogen) atoms. The van der Waals surface area contributed by atoms with Crippen molar-refractivity contribution in [1.82, 2.24) is 0 Å². The number of carbonyl (C=O) groups excluding carboxylic acids is 1. The zero-order valence-electron chi connectivity index (χ0n) is 9.96. The Morgan fingerprint density at radius 2 is 2.00 bits per heavy atom. The van der Waals surface area contributed by atoms with Crippen molar-refractivity contribution >= 4 is 5.78 Å². The maximum atomic E-state index is 12.1. The van der Waals surface area contributed by atoms with Gasteiger partial charge in [0.05, 0.1) is 13.2 Å². The van der Waals surface area contributed by atoms with E-state index in [0.717, 1.165) is 51.7 Å². The minimum Gasteiger partial charge on any atom is -0.348 e. The van der Waals surface area contributed by atoms with Gasteiger partial charge in [-0.2, -0.15) is 0 Å². The lowest BCUT2D eigenvalue weighted by Gasteiger charge is -2.49. The summed E-state index contributed by atoms with van der Waals surface area (Å²) in [6.45, 7) is 3.59. The molecule has 2 aliphatic carbocycles. The molecule has 1 spiro atoms. The summed E-state index contributed by atoms with van der Waals surface area (Å²) < 4.78 is 11.6. The predicted molar refractivity (Wildman–Crippen MR) is 58.9 cm³/mol. The maximum absolute atomic E-state index is 12.1. The smallest absolute Gasteiger partial charge is 0.168 e. The molecule has 3 rings (SSSR count). The number of Topliss-reactive ketones (excluding diaryl/α,β-unsaturated/α-hetero) is 1. The largest absolute Gasteiger partial charge is 0.348 e. The fourth-order valence-corrected chi connectivity index (χ4v) is 3.70. The number of fused-ring (bicyclic) bond motifs is 1. The highest BCUT2D eigenvalue weighted by Gasteiger charge is 2.53. The van der Waals surface area contributed by atoms with Crippen LogP contribution in [0.4, 0.5) is 0 Å². The summed E-state index contributed by atoms with van der Waals surface area (Å²) in [5.41, 5.74) is -0.0845. The zero-order chi connectivity index (χ0) is 11.2. The van der Waals surface area contributed by atoms with Crippen molar-refractivity contribution in [2.45, 2.75) is 51.2 Å². The lowest BCUT2D eigenvalue weighted by molar-refractivity contribution is -0.209. The number of ether oxygens (including phenoxy) is 2. The quantitative estimate of drug-likeness (QED) is 0.633. The van der Waals surface area contributed by atoms with Gasteiger partial charge in [0.2, 0.25) is 0 Å². The fourth-order valence-electron chi connectivity index (χ4n) is 3.70. The van der Waals surface area contributed by atoms with Gasteiger partial charge in [-0.25, -0.2) is 0 Å². The van der Waals surface area contributed by atoms with Crippen molar-refractivity contribution in [2.24, 2.45) is 11.3 Å². The van der Waals surface area contributed by atoms with Crippen molar-refractivity contribution in [3.8, 4) is 0 Å². The second-order valence-corrected chi connectivity index (χ2v) is 5.74. The molecule has 0 aromatic carbocycles. The Bertz CT molecular complexity index is 306. The van der Waals surface area contributed by atoms with Crippen LogP contribution in [0.25, 0.3) is 0 Å². The summed E-state index contributed by atoms with van der Waals surface area (Å²) in [6, 6.07) is 0. The van der Waals surface area contributed by atoms with Crippen LogP contribution in [0, 0.1) is 11.3 Å². The highest BCUT2D eigenvalue weighted by atomic mass is 16.7. The molecule has 2 saturated carbocycles. The first-order chi connectivity index (χ1) is 7.65. The van der Waals surface area contributed by atoms with Crippen LogP contribution >= 0.6 is 0 Å². The summed E-state index contributed by atoms with van der Waals surface area (Å²) in [7, 11) is 0. The molecule has 2 atom stereocenters. The van der Waals surface area contributed by atoms with Gasteiger partial charge >= 0.3 is 0 Å². The van der Waals surface area contributed by atoms with Crippen LogP contribution in [0.1, 0.15) is 45.4 Å². The van der Waals surface area contributed by atoms with E-state index in [0.29, 0.717) is 11.7 Å². The van der Waals surface area contributed by atoms with Gasteiger partial charge in [0.15, 0.2) is 5.79 Å². The Balaban J connectivity index is 1.82. The summed E-state index contributed by atoms with van der Waals surface area (Å²) in [5, 5.41) is 0. The third-order valence-corrected chi connectivity index (χ3v) is 4.89. The second-order valence-electron chi connectivity index (χ2n) is 5.74. The molecule has 0 amide bonds. The molecule has 90 valence electrons. The van der Waals surface area contributed by atoms with Crippen molar-refractivity contribution < 1.29 is 14.3 Å². The molecule has 0 aromatic heterocycles. The molecule has 0 unspecified atom stereocenters. The molecule has 0 aromatic rings. The molecule has 0 radical (unpaired) electrons. The van der Waals surface area contributed by atoms with Crippen LogP contribution in [-0.4, -0.2) is 24.8 Å². The van der Waals surface area contributed by atoms with Crippen LogP contribution in [0.2, 0.25) is 0 Å². The Morgan fingerprint density at radius 1 is 1.25 bits per heavy atom. The van der Waals surface area contributed by atoms with Crippen LogP contribution in [0.15, 0.2) is 0 Å². The van der Waals surface area contributed by atoms with E-state index >= 15 is 0 Å². The lowest BCUT2D eigenvalue weighted by Crippen LogP contribution is -2.50. The van der Waals surface area contributed by atoms with Crippen LogP contribution in [-0.2, 0) is 14.3 Å². The Labute approximate surface area is 96.5 Å². The molecule has 1 aliphatic heterocycles. The Kier molecular flexibility index (Phi) is 2.37. The van der Waals surface area contributed by atoms with Gasteiger partial charge in [-0.15, -0.1) is 0 Å². The van der Waals surface area contributed by atoms with Gasteiger partial charge in [0, 0.05) is 24.7 Å². The SMILES string of the molecule is C[C@@]12CCC3(C[C@@H]1CCCC2=O)OCCO3. The summed E-state index contributed by atoms with van der Waals surface area (Å²) in [6.07, 6.45) is 5.76. The van der Waals surface area contributed by atoms with E-state index in [9.17, 15) is 4.79 Å². The summed E-state index contributed by atoms with van der Waals surface area (Å²) >= 11 is 0. The van der Waals surface area contributed by atoms with Crippen molar-refractivity contribution in [3.63, 3.8) is 0 Å². The molecule has 3 heteroatoms. The van der Waals surface area contributed by atoms with Crippen molar-refractivity contribution in [2.75, 3.05) is 13.2 Å². The van der Waals surface area contributed by atoms with Crippen molar-refractivity contribution in [3.05, 3.63) is 0 Å². The van der Waals surface area contributed by atoms with Crippen LogP contribution in [0.3, 0.4) is 0 Å². The van der Waals surface area contributed by atoms with Gasteiger partial charge in [0.1, 0.15) is 5.78 Å². The Morgan fingerprint density at radius 3 is 2.75 bits per heavy atom. The molecular formula is C13H20O3. The first kappa shape index (κ1) is 10.7. The molecule has 1 heterocycles. The van der Waals surface area contributed by atoms with E-state index in [2.05, 4.69) is 6.92 Å². The standard InChI is InChI=1S/C13H20O3/c1-12-5-6-13(15-7-8-16-13)9-10(12)3-2-4-11(12)14/h10H,2-9H2,1H3/t10-,12+/m0/s1. The monoisotopic (exact) mass is 224 g/mol.